The fourth-order valence-corrected chi connectivity index (χ4v) is 2.13. The van der Waals surface area contributed by atoms with Crippen LogP contribution in [0.3, 0.4) is 0 Å². The van der Waals surface area contributed by atoms with Gasteiger partial charge < -0.3 is 15.7 Å². The normalized spacial score (nSPS) is 11.9. The molecule has 0 aliphatic rings. The minimum absolute atomic E-state index is 0.0156. The summed E-state index contributed by atoms with van der Waals surface area (Å²) < 4.78 is 0. The van der Waals surface area contributed by atoms with Gasteiger partial charge >= 0.3 is 12.0 Å². The third-order valence-corrected chi connectivity index (χ3v) is 3.21. The number of amides is 2. The molecule has 118 valence electrons. The highest BCUT2D eigenvalue weighted by atomic mass is 16.4. The minimum Gasteiger partial charge on any atom is -0.481 e. The van der Waals surface area contributed by atoms with Crippen molar-refractivity contribution in [1.29, 1.82) is 0 Å². The molecule has 5 nitrogen and oxygen atoms in total. The average molecular weight is 286 g/mol. The van der Waals surface area contributed by atoms with Gasteiger partial charge in [-0.1, -0.05) is 52.4 Å². The predicted molar refractivity (Wildman–Crippen MR) is 80.9 cm³/mol. The third kappa shape index (κ3) is 11.8. The van der Waals surface area contributed by atoms with Gasteiger partial charge in [-0.05, 0) is 12.8 Å². The molecule has 1 unspecified atom stereocenters. The molecule has 0 heterocycles. The molecule has 0 aliphatic heterocycles. The molecule has 0 spiro atoms. The second-order valence-electron chi connectivity index (χ2n) is 5.25. The Hall–Kier alpha value is -1.26. The van der Waals surface area contributed by atoms with E-state index >= 15 is 0 Å². The number of hydrogen-bond acceptors (Lipinski definition) is 2. The summed E-state index contributed by atoms with van der Waals surface area (Å²) in [6, 6.07) is -0.527. The highest BCUT2D eigenvalue weighted by Crippen LogP contribution is 2.04. The quantitative estimate of drug-likeness (QED) is 0.482. The van der Waals surface area contributed by atoms with Crippen molar-refractivity contribution in [2.75, 3.05) is 6.54 Å². The number of carboxylic acids is 1. The highest BCUT2D eigenvalue weighted by molar-refractivity contribution is 5.75. The monoisotopic (exact) mass is 286 g/mol. The molecule has 20 heavy (non-hydrogen) atoms. The van der Waals surface area contributed by atoms with Gasteiger partial charge in [0.05, 0.1) is 6.42 Å². The number of rotatable bonds is 12. The maximum absolute atomic E-state index is 11.6. The number of hydrogen-bond donors (Lipinski definition) is 3. The minimum atomic E-state index is -0.875. The Morgan fingerprint density at radius 3 is 2.25 bits per heavy atom. The topological polar surface area (TPSA) is 78.4 Å². The van der Waals surface area contributed by atoms with E-state index < -0.39 is 5.97 Å². The van der Waals surface area contributed by atoms with Crippen molar-refractivity contribution in [3.63, 3.8) is 0 Å². The molecule has 2 amide bonds. The summed E-state index contributed by atoms with van der Waals surface area (Å²) in [4.78, 5) is 22.3. The molecule has 0 aromatic carbocycles. The number of urea groups is 1. The van der Waals surface area contributed by atoms with E-state index in [0.717, 1.165) is 19.3 Å². The number of unbranched alkanes of at least 4 members (excludes halogenated alkanes) is 5. The van der Waals surface area contributed by atoms with Crippen molar-refractivity contribution in [1.82, 2.24) is 10.6 Å². The summed E-state index contributed by atoms with van der Waals surface area (Å²) in [7, 11) is 0. The first-order chi connectivity index (χ1) is 9.60. The lowest BCUT2D eigenvalue weighted by atomic mass is 10.1. The fraction of sp³-hybridized carbons (Fsp3) is 0.867. The summed E-state index contributed by atoms with van der Waals surface area (Å²) >= 11 is 0. The van der Waals surface area contributed by atoms with E-state index in [2.05, 4.69) is 17.6 Å². The molecule has 0 aromatic heterocycles. The zero-order chi connectivity index (χ0) is 15.2. The third-order valence-electron chi connectivity index (χ3n) is 3.21. The van der Waals surface area contributed by atoms with Gasteiger partial charge in [-0.15, -0.1) is 0 Å². The molecule has 0 aliphatic carbocycles. The van der Waals surface area contributed by atoms with Gasteiger partial charge in [0.1, 0.15) is 0 Å². The zero-order valence-electron chi connectivity index (χ0n) is 12.9. The number of nitrogens with one attached hydrogen (secondary N) is 2. The Balaban J connectivity index is 3.66. The Kier molecular flexibility index (Phi) is 12.0. The van der Waals surface area contributed by atoms with Crippen molar-refractivity contribution in [3.05, 3.63) is 0 Å². The first-order valence-electron chi connectivity index (χ1n) is 7.86. The van der Waals surface area contributed by atoms with Gasteiger partial charge in [0.2, 0.25) is 0 Å². The first kappa shape index (κ1) is 18.7. The lowest BCUT2D eigenvalue weighted by molar-refractivity contribution is -0.137. The Morgan fingerprint density at radius 2 is 1.65 bits per heavy atom. The molecule has 0 radical (unpaired) electrons. The fourth-order valence-electron chi connectivity index (χ4n) is 2.13. The summed E-state index contributed by atoms with van der Waals surface area (Å²) in [6.07, 6.45) is 8.65. The van der Waals surface area contributed by atoms with Crippen molar-refractivity contribution in [2.45, 2.75) is 77.7 Å². The lowest BCUT2D eigenvalue weighted by Gasteiger charge is -2.16. The van der Waals surface area contributed by atoms with Crippen LogP contribution in [0.4, 0.5) is 4.79 Å². The van der Waals surface area contributed by atoms with Crippen LogP contribution in [0.5, 0.6) is 0 Å². The highest BCUT2D eigenvalue weighted by Gasteiger charge is 2.14. The van der Waals surface area contributed by atoms with Crippen molar-refractivity contribution in [2.24, 2.45) is 0 Å². The van der Waals surface area contributed by atoms with Crippen LogP contribution >= 0.6 is 0 Å². The van der Waals surface area contributed by atoms with E-state index in [-0.39, 0.29) is 18.5 Å². The average Bonchev–Trinajstić information content (AvgIpc) is 2.37. The van der Waals surface area contributed by atoms with Gasteiger partial charge in [-0.3, -0.25) is 4.79 Å². The van der Waals surface area contributed by atoms with Crippen molar-refractivity contribution in [3.8, 4) is 0 Å². The van der Waals surface area contributed by atoms with Crippen LogP contribution in [0.2, 0.25) is 0 Å². The van der Waals surface area contributed by atoms with E-state index in [1.54, 1.807) is 0 Å². The van der Waals surface area contributed by atoms with E-state index in [9.17, 15) is 9.59 Å². The van der Waals surface area contributed by atoms with Crippen LogP contribution in [-0.4, -0.2) is 29.7 Å². The molecule has 0 saturated carbocycles. The summed E-state index contributed by atoms with van der Waals surface area (Å²) in [5, 5.41) is 14.3. The molecular formula is C15H30N2O3. The number of carbonyl (C=O) groups excluding carboxylic acids is 1. The molecule has 0 fully saturated rings. The van der Waals surface area contributed by atoms with Crippen molar-refractivity contribution >= 4 is 12.0 Å². The second kappa shape index (κ2) is 12.8. The molecule has 1 atom stereocenters. The van der Waals surface area contributed by atoms with Gasteiger partial charge in [-0.25, -0.2) is 4.79 Å². The largest absolute Gasteiger partial charge is 0.481 e. The standard InChI is InChI=1S/C15H30N2O3/c1-3-5-6-7-8-9-11-16-15(20)17-13(10-4-2)12-14(18)19/h13H,3-12H2,1-2H3,(H,18,19)(H2,16,17,20). The maximum Gasteiger partial charge on any atom is 0.315 e. The van der Waals surface area contributed by atoms with Crippen LogP contribution in [0.25, 0.3) is 0 Å². The molecule has 0 rings (SSSR count). The smallest absolute Gasteiger partial charge is 0.315 e. The predicted octanol–water partition coefficient (Wildman–Crippen LogP) is 3.29. The van der Waals surface area contributed by atoms with E-state index in [1.165, 1.54) is 25.7 Å². The van der Waals surface area contributed by atoms with Gasteiger partial charge in [0.25, 0.3) is 0 Å². The molecular weight excluding hydrogens is 256 g/mol. The first-order valence-corrected chi connectivity index (χ1v) is 7.86. The van der Waals surface area contributed by atoms with E-state index in [1.807, 2.05) is 6.92 Å². The molecule has 5 heteroatoms. The SMILES string of the molecule is CCCCCCCCNC(=O)NC(CCC)CC(=O)O. The van der Waals surface area contributed by atoms with Crippen molar-refractivity contribution < 1.29 is 14.7 Å². The lowest BCUT2D eigenvalue weighted by Crippen LogP contribution is -2.43. The molecule has 0 bridgehead atoms. The van der Waals surface area contributed by atoms with Crippen LogP contribution in [0, 0.1) is 0 Å². The zero-order valence-corrected chi connectivity index (χ0v) is 12.9. The Morgan fingerprint density at radius 1 is 1.00 bits per heavy atom. The molecule has 3 N–H and O–H groups in total. The molecule has 0 saturated heterocycles. The van der Waals surface area contributed by atoms with Gasteiger partial charge in [-0.2, -0.15) is 0 Å². The summed E-state index contributed by atoms with van der Waals surface area (Å²) in [5.74, 6) is -0.875. The second-order valence-corrected chi connectivity index (χ2v) is 5.25. The number of carbonyl (C=O) groups is 2. The molecule has 0 aromatic rings. The summed E-state index contributed by atoms with van der Waals surface area (Å²) in [6.45, 7) is 4.82. The van der Waals surface area contributed by atoms with Crippen LogP contribution in [-0.2, 0) is 4.79 Å². The Labute approximate surface area is 122 Å². The summed E-state index contributed by atoms with van der Waals surface area (Å²) in [5.41, 5.74) is 0. The van der Waals surface area contributed by atoms with E-state index in [0.29, 0.717) is 13.0 Å². The van der Waals surface area contributed by atoms with Crippen LogP contribution in [0.1, 0.15) is 71.6 Å². The Bertz CT molecular complexity index is 270. The van der Waals surface area contributed by atoms with Crippen LogP contribution < -0.4 is 10.6 Å². The number of carboxylic acid groups (broad SMARTS) is 1. The number of aliphatic carboxylic acids is 1. The van der Waals surface area contributed by atoms with Crippen LogP contribution in [0.15, 0.2) is 0 Å². The van der Waals surface area contributed by atoms with Gasteiger partial charge in [0, 0.05) is 12.6 Å². The van der Waals surface area contributed by atoms with Gasteiger partial charge in [0.15, 0.2) is 0 Å². The maximum atomic E-state index is 11.6. The van der Waals surface area contributed by atoms with E-state index in [4.69, 9.17) is 5.11 Å².